The van der Waals surface area contributed by atoms with Gasteiger partial charge in [-0.3, -0.25) is 4.79 Å². The summed E-state index contributed by atoms with van der Waals surface area (Å²) in [5, 5.41) is 9.75. The number of benzene rings is 1. The lowest BCUT2D eigenvalue weighted by Gasteiger charge is -2.14. The molecule has 0 amide bonds. The summed E-state index contributed by atoms with van der Waals surface area (Å²) in [6, 6.07) is 5.76. The van der Waals surface area contributed by atoms with Gasteiger partial charge in [0.25, 0.3) is 0 Å². The summed E-state index contributed by atoms with van der Waals surface area (Å²) < 4.78 is 10.4. The molecule has 0 saturated heterocycles. The zero-order valence-electron chi connectivity index (χ0n) is 11.1. The van der Waals surface area contributed by atoms with E-state index in [2.05, 4.69) is 0 Å². The summed E-state index contributed by atoms with van der Waals surface area (Å²) in [5.74, 6) is 2.29. The minimum atomic E-state index is -0.502. The first-order valence-corrected chi connectivity index (χ1v) is 7.21. The van der Waals surface area contributed by atoms with E-state index in [1.165, 1.54) is 0 Å². The van der Waals surface area contributed by atoms with Gasteiger partial charge in [0.05, 0.1) is 20.3 Å². The third-order valence-corrected chi connectivity index (χ3v) is 4.62. The van der Waals surface area contributed by atoms with Gasteiger partial charge < -0.3 is 14.6 Å². The lowest BCUT2D eigenvalue weighted by atomic mass is 10.2. The standard InChI is InChI=1S/C14H18O4S/c1-17-12-4-3-9(5-13(12)18-2)8-19-14-7-10(15)6-11(14)16/h3-5,11,14,16H,6-8H2,1-2H3/t11-,14+/m1/s1. The number of aliphatic hydroxyl groups excluding tert-OH is 1. The van der Waals surface area contributed by atoms with Gasteiger partial charge >= 0.3 is 0 Å². The van der Waals surface area contributed by atoms with Gasteiger partial charge in [-0.2, -0.15) is 11.8 Å². The van der Waals surface area contributed by atoms with Crippen molar-refractivity contribution in [2.75, 3.05) is 14.2 Å². The van der Waals surface area contributed by atoms with Crippen LogP contribution < -0.4 is 9.47 Å². The van der Waals surface area contributed by atoms with E-state index >= 15 is 0 Å². The van der Waals surface area contributed by atoms with Gasteiger partial charge in [-0.15, -0.1) is 0 Å². The third-order valence-electron chi connectivity index (χ3n) is 3.21. The van der Waals surface area contributed by atoms with Crippen LogP contribution in [0.4, 0.5) is 0 Å². The molecule has 1 aromatic carbocycles. The van der Waals surface area contributed by atoms with Crippen molar-refractivity contribution in [2.45, 2.75) is 29.9 Å². The number of carbonyl (C=O) groups excluding carboxylic acids is 1. The van der Waals surface area contributed by atoms with Crippen LogP contribution in [0.3, 0.4) is 0 Å². The highest BCUT2D eigenvalue weighted by molar-refractivity contribution is 7.99. The van der Waals surface area contributed by atoms with E-state index in [-0.39, 0.29) is 11.0 Å². The van der Waals surface area contributed by atoms with E-state index in [4.69, 9.17) is 9.47 Å². The number of thioether (sulfide) groups is 1. The van der Waals surface area contributed by atoms with Crippen LogP contribution in [0.25, 0.3) is 0 Å². The monoisotopic (exact) mass is 282 g/mol. The van der Waals surface area contributed by atoms with Crippen LogP contribution in [-0.2, 0) is 10.5 Å². The van der Waals surface area contributed by atoms with Crippen molar-refractivity contribution in [1.29, 1.82) is 0 Å². The van der Waals surface area contributed by atoms with Crippen LogP contribution in [0.15, 0.2) is 18.2 Å². The lowest BCUT2D eigenvalue weighted by Crippen LogP contribution is -2.15. The van der Waals surface area contributed by atoms with Crippen molar-refractivity contribution in [3.05, 3.63) is 23.8 Å². The predicted molar refractivity (Wildman–Crippen MR) is 74.9 cm³/mol. The number of methoxy groups -OCH3 is 2. The number of aliphatic hydroxyl groups is 1. The molecule has 0 heterocycles. The van der Waals surface area contributed by atoms with Crippen molar-refractivity contribution in [3.8, 4) is 11.5 Å². The summed E-state index contributed by atoms with van der Waals surface area (Å²) in [5.41, 5.74) is 1.09. The molecule has 0 aliphatic heterocycles. The SMILES string of the molecule is COc1ccc(CS[C@H]2CC(=O)C[C@H]2O)cc1OC. The molecular weight excluding hydrogens is 264 g/mol. The maximum absolute atomic E-state index is 11.2. The van der Waals surface area contributed by atoms with E-state index in [0.717, 1.165) is 11.3 Å². The summed E-state index contributed by atoms with van der Waals surface area (Å²) in [4.78, 5) is 11.2. The van der Waals surface area contributed by atoms with Gasteiger partial charge in [0, 0.05) is 23.8 Å². The van der Waals surface area contributed by atoms with Gasteiger partial charge in [0.1, 0.15) is 5.78 Å². The minimum absolute atomic E-state index is 0.0144. The minimum Gasteiger partial charge on any atom is -0.493 e. The molecule has 19 heavy (non-hydrogen) atoms. The van der Waals surface area contributed by atoms with E-state index in [0.29, 0.717) is 24.3 Å². The molecule has 0 spiro atoms. The molecule has 104 valence electrons. The van der Waals surface area contributed by atoms with Crippen molar-refractivity contribution >= 4 is 17.5 Å². The van der Waals surface area contributed by atoms with Crippen molar-refractivity contribution < 1.29 is 19.4 Å². The maximum Gasteiger partial charge on any atom is 0.161 e. The summed E-state index contributed by atoms with van der Waals surface area (Å²) in [6.45, 7) is 0. The van der Waals surface area contributed by atoms with Gasteiger partial charge in [-0.1, -0.05) is 6.07 Å². The van der Waals surface area contributed by atoms with Crippen LogP contribution >= 0.6 is 11.8 Å². The highest BCUT2D eigenvalue weighted by Gasteiger charge is 2.31. The Bertz CT molecular complexity index is 461. The number of Topliss-reactive ketones (excluding diaryl/α,β-unsaturated/α-hetero) is 1. The van der Waals surface area contributed by atoms with Crippen LogP contribution in [0.1, 0.15) is 18.4 Å². The molecule has 1 aliphatic rings. The average Bonchev–Trinajstić information content (AvgIpc) is 2.74. The first-order chi connectivity index (χ1) is 9.13. The fourth-order valence-electron chi connectivity index (χ4n) is 2.15. The Balaban J connectivity index is 1.98. The Labute approximate surface area is 117 Å². The van der Waals surface area contributed by atoms with Gasteiger partial charge in [-0.05, 0) is 17.7 Å². The molecule has 2 rings (SSSR count). The Hall–Kier alpha value is -1.20. The Kier molecular flexibility index (Phi) is 4.71. The molecule has 1 N–H and O–H groups in total. The van der Waals surface area contributed by atoms with Crippen LogP contribution in [0.5, 0.6) is 11.5 Å². The quantitative estimate of drug-likeness (QED) is 0.895. The van der Waals surface area contributed by atoms with Crippen LogP contribution in [-0.4, -0.2) is 36.5 Å². The molecule has 1 saturated carbocycles. The molecule has 1 aliphatic carbocycles. The maximum atomic E-state index is 11.2. The fraction of sp³-hybridized carbons (Fsp3) is 0.500. The van der Waals surface area contributed by atoms with Crippen LogP contribution in [0.2, 0.25) is 0 Å². The first kappa shape index (κ1) is 14.2. The third kappa shape index (κ3) is 3.42. The topological polar surface area (TPSA) is 55.8 Å². The molecule has 1 aromatic rings. The van der Waals surface area contributed by atoms with Crippen molar-refractivity contribution in [3.63, 3.8) is 0 Å². The Morgan fingerprint density at radius 2 is 2.00 bits per heavy atom. The summed E-state index contributed by atoms with van der Waals surface area (Å²) in [6.07, 6.45) is 0.264. The highest BCUT2D eigenvalue weighted by Crippen LogP contribution is 2.33. The molecular formula is C14H18O4S. The van der Waals surface area contributed by atoms with E-state index in [1.807, 2.05) is 18.2 Å². The van der Waals surface area contributed by atoms with E-state index in [1.54, 1.807) is 26.0 Å². The molecule has 0 unspecified atom stereocenters. The average molecular weight is 282 g/mol. The summed E-state index contributed by atoms with van der Waals surface area (Å²) >= 11 is 1.61. The van der Waals surface area contributed by atoms with E-state index in [9.17, 15) is 9.90 Å². The second-order valence-electron chi connectivity index (χ2n) is 4.55. The van der Waals surface area contributed by atoms with Gasteiger partial charge in [-0.25, -0.2) is 0 Å². The zero-order chi connectivity index (χ0) is 13.8. The van der Waals surface area contributed by atoms with E-state index < -0.39 is 6.10 Å². The van der Waals surface area contributed by atoms with Crippen LogP contribution in [0, 0.1) is 0 Å². The molecule has 2 atom stereocenters. The first-order valence-electron chi connectivity index (χ1n) is 6.16. The number of rotatable bonds is 5. The van der Waals surface area contributed by atoms with Crippen molar-refractivity contribution in [1.82, 2.24) is 0 Å². The smallest absolute Gasteiger partial charge is 0.161 e. The lowest BCUT2D eigenvalue weighted by molar-refractivity contribution is -0.117. The molecule has 5 heteroatoms. The number of carbonyl (C=O) groups is 1. The normalized spacial score (nSPS) is 22.6. The molecule has 0 radical (unpaired) electrons. The Morgan fingerprint density at radius 3 is 2.58 bits per heavy atom. The molecule has 0 aromatic heterocycles. The number of hydrogen-bond donors (Lipinski definition) is 1. The van der Waals surface area contributed by atoms with Crippen molar-refractivity contribution in [2.24, 2.45) is 0 Å². The number of hydrogen-bond acceptors (Lipinski definition) is 5. The molecule has 0 bridgehead atoms. The second kappa shape index (κ2) is 6.30. The molecule has 4 nitrogen and oxygen atoms in total. The fourth-order valence-corrected chi connectivity index (χ4v) is 3.36. The van der Waals surface area contributed by atoms with Gasteiger partial charge in [0.15, 0.2) is 11.5 Å². The highest BCUT2D eigenvalue weighted by atomic mass is 32.2. The van der Waals surface area contributed by atoms with Gasteiger partial charge in [0.2, 0.25) is 0 Å². The second-order valence-corrected chi connectivity index (χ2v) is 5.78. The predicted octanol–water partition coefficient (Wildman–Crippen LogP) is 2.03. The summed E-state index contributed by atoms with van der Waals surface area (Å²) in [7, 11) is 3.21. The number of ether oxygens (including phenoxy) is 2. The largest absolute Gasteiger partial charge is 0.493 e. The Morgan fingerprint density at radius 1 is 1.26 bits per heavy atom. The molecule has 1 fully saturated rings. The number of ketones is 1. The zero-order valence-corrected chi connectivity index (χ0v) is 11.9.